The largest absolute Gasteiger partial charge is 0.466 e. The number of nitrogens with zero attached hydrogens (tertiary/aromatic N) is 1. The SMILES string of the molecule is CCOC(=O)[C@@H]1CCC[NH+](CC(=O)Nc2ccc(S(=O)(=O)N(C)C)cc2)C1. The molecule has 2 rings (SSSR count). The van der Waals surface area contributed by atoms with Crippen molar-refractivity contribution in [2.45, 2.75) is 24.7 Å². The van der Waals surface area contributed by atoms with Crippen molar-refractivity contribution in [1.29, 1.82) is 0 Å². The maximum absolute atomic E-state index is 12.3. The molecular weight excluding hydrogens is 370 g/mol. The summed E-state index contributed by atoms with van der Waals surface area (Å²) in [5.74, 6) is -0.512. The highest BCUT2D eigenvalue weighted by molar-refractivity contribution is 7.89. The minimum Gasteiger partial charge on any atom is -0.466 e. The zero-order valence-corrected chi connectivity index (χ0v) is 16.8. The van der Waals surface area contributed by atoms with E-state index in [1.165, 1.54) is 26.2 Å². The molecule has 9 heteroatoms. The van der Waals surface area contributed by atoms with Crippen molar-refractivity contribution < 1.29 is 27.6 Å². The van der Waals surface area contributed by atoms with Gasteiger partial charge < -0.3 is 15.0 Å². The lowest BCUT2D eigenvalue weighted by Gasteiger charge is -2.28. The number of amides is 1. The number of quaternary nitrogens is 1. The van der Waals surface area contributed by atoms with Gasteiger partial charge in [-0.05, 0) is 44.0 Å². The Kier molecular flexibility index (Phi) is 7.34. The standard InChI is InChI=1S/C18H27N3O5S/c1-4-26-18(23)14-6-5-11-21(12-14)13-17(22)19-15-7-9-16(10-8-15)27(24,25)20(2)3/h7-10,14H,4-6,11-13H2,1-3H3,(H,19,22)/p+1/t14-/m1/s1. The van der Waals surface area contributed by atoms with E-state index in [9.17, 15) is 18.0 Å². The lowest BCUT2D eigenvalue weighted by atomic mass is 9.98. The number of anilines is 1. The molecule has 2 N–H and O–H groups in total. The lowest BCUT2D eigenvalue weighted by Crippen LogP contribution is -3.14. The van der Waals surface area contributed by atoms with E-state index in [1.807, 2.05) is 0 Å². The molecule has 1 amide bonds. The Morgan fingerprint density at radius 3 is 2.52 bits per heavy atom. The lowest BCUT2D eigenvalue weighted by molar-refractivity contribution is -0.899. The fourth-order valence-electron chi connectivity index (χ4n) is 3.13. The van der Waals surface area contributed by atoms with Crippen LogP contribution in [0.1, 0.15) is 19.8 Å². The van der Waals surface area contributed by atoms with E-state index in [0.717, 1.165) is 28.6 Å². The Hall–Kier alpha value is -1.97. The first-order chi connectivity index (χ1) is 12.7. The molecule has 1 unspecified atom stereocenters. The van der Waals surface area contributed by atoms with Crippen molar-refractivity contribution in [2.75, 3.05) is 45.7 Å². The Bertz CT molecular complexity index is 762. The van der Waals surface area contributed by atoms with Gasteiger partial charge in [0.25, 0.3) is 5.91 Å². The summed E-state index contributed by atoms with van der Waals surface area (Å²) >= 11 is 0. The van der Waals surface area contributed by atoms with Gasteiger partial charge in [-0.25, -0.2) is 12.7 Å². The highest BCUT2D eigenvalue weighted by Gasteiger charge is 2.30. The predicted octanol–water partition coefficient (Wildman–Crippen LogP) is -0.267. The first-order valence-corrected chi connectivity index (χ1v) is 10.5. The molecule has 2 atom stereocenters. The Balaban J connectivity index is 1.91. The second-order valence-corrected chi connectivity index (χ2v) is 8.98. The van der Waals surface area contributed by atoms with Gasteiger partial charge in [0, 0.05) is 19.8 Å². The fourth-order valence-corrected chi connectivity index (χ4v) is 4.03. The topological polar surface area (TPSA) is 97.2 Å². The van der Waals surface area contributed by atoms with Crippen LogP contribution in [0.15, 0.2) is 29.2 Å². The zero-order chi connectivity index (χ0) is 20.0. The molecule has 1 aromatic carbocycles. The normalized spacial score (nSPS) is 20.3. The number of carbonyl (C=O) groups is 2. The molecule has 1 saturated heterocycles. The fraction of sp³-hybridized carbons (Fsp3) is 0.556. The molecule has 1 fully saturated rings. The van der Waals surface area contributed by atoms with Crippen molar-refractivity contribution in [2.24, 2.45) is 5.92 Å². The molecule has 1 aliphatic heterocycles. The van der Waals surface area contributed by atoms with Crippen molar-refractivity contribution in [1.82, 2.24) is 4.31 Å². The van der Waals surface area contributed by atoms with E-state index in [2.05, 4.69) is 5.32 Å². The number of likely N-dealkylation sites (tertiary alicyclic amines) is 1. The van der Waals surface area contributed by atoms with Crippen LogP contribution in [0.2, 0.25) is 0 Å². The first-order valence-electron chi connectivity index (χ1n) is 9.06. The van der Waals surface area contributed by atoms with E-state index in [0.29, 0.717) is 18.8 Å². The second kappa shape index (κ2) is 9.29. The Morgan fingerprint density at radius 1 is 1.26 bits per heavy atom. The maximum Gasteiger partial charge on any atom is 0.314 e. The predicted molar refractivity (Wildman–Crippen MR) is 101 cm³/mol. The minimum absolute atomic E-state index is 0.156. The third-order valence-electron chi connectivity index (χ3n) is 4.57. The van der Waals surface area contributed by atoms with Crippen LogP contribution in [-0.4, -0.2) is 64.9 Å². The van der Waals surface area contributed by atoms with Crippen LogP contribution in [0.25, 0.3) is 0 Å². The molecule has 1 heterocycles. The number of rotatable bonds is 7. The number of sulfonamides is 1. The van der Waals surface area contributed by atoms with Gasteiger partial charge in [0.2, 0.25) is 10.0 Å². The number of hydrogen-bond acceptors (Lipinski definition) is 5. The van der Waals surface area contributed by atoms with Gasteiger partial charge >= 0.3 is 5.97 Å². The van der Waals surface area contributed by atoms with E-state index in [-0.39, 0.29) is 29.2 Å². The molecule has 0 aliphatic carbocycles. The minimum atomic E-state index is -3.49. The summed E-state index contributed by atoms with van der Waals surface area (Å²) in [4.78, 5) is 25.4. The number of benzene rings is 1. The van der Waals surface area contributed by atoms with Gasteiger partial charge in [0.05, 0.1) is 24.6 Å². The summed E-state index contributed by atoms with van der Waals surface area (Å²) in [7, 11) is -0.555. The number of piperidine rings is 1. The average molecular weight is 399 g/mol. The molecule has 0 saturated carbocycles. The Morgan fingerprint density at radius 2 is 1.93 bits per heavy atom. The Labute approximate surface area is 160 Å². The van der Waals surface area contributed by atoms with E-state index < -0.39 is 10.0 Å². The molecule has 0 aromatic heterocycles. The van der Waals surface area contributed by atoms with Crippen LogP contribution in [0.5, 0.6) is 0 Å². The van der Waals surface area contributed by atoms with Crippen LogP contribution in [0, 0.1) is 5.92 Å². The van der Waals surface area contributed by atoms with Gasteiger partial charge in [-0.2, -0.15) is 0 Å². The van der Waals surface area contributed by atoms with Gasteiger partial charge in [0.15, 0.2) is 6.54 Å². The summed E-state index contributed by atoms with van der Waals surface area (Å²) in [5.41, 5.74) is 0.538. The number of esters is 1. The summed E-state index contributed by atoms with van der Waals surface area (Å²) in [5, 5.41) is 2.78. The average Bonchev–Trinajstić information content (AvgIpc) is 2.62. The van der Waals surface area contributed by atoms with Gasteiger partial charge in [-0.15, -0.1) is 0 Å². The maximum atomic E-state index is 12.3. The van der Waals surface area contributed by atoms with E-state index >= 15 is 0 Å². The summed E-state index contributed by atoms with van der Waals surface area (Å²) in [6.45, 7) is 3.84. The molecule has 8 nitrogen and oxygen atoms in total. The smallest absolute Gasteiger partial charge is 0.314 e. The van der Waals surface area contributed by atoms with Gasteiger partial charge in [-0.1, -0.05) is 0 Å². The summed E-state index contributed by atoms with van der Waals surface area (Å²) < 4.78 is 30.3. The highest BCUT2D eigenvalue weighted by Crippen LogP contribution is 2.16. The van der Waals surface area contributed by atoms with Crippen molar-refractivity contribution >= 4 is 27.6 Å². The number of hydrogen-bond donors (Lipinski definition) is 2. The van der Waals surface area contributed by atoms with Crippen molar-refractivity contribution in [3.63, 3.8) is 0 Å². The molecule has 1 aliphatic rings. The van der Waals surface area contributed by atoms with Crippen LogP contribution in [0.4, 0.5) is 5.69 Å². The third kappa shape index (κ3) is 5.75. The molecule has 0 radical (unpaired) electrons. The number of ether oxygens (including phenoxy) is 1. The van der Waals surface area contributed by atoms with Crippen LogP contribution in [-0.2, 0) is 24.3 Å². The molecule has 0 bridgehead atoms. The third-order valence-corrected chi connectivity index (χ3v) is 6.39. The number of nitrogens with one attached hydrogen (secondary N) is 2. The van der Waals surface area contributed by atoms with Crippen LogP contribution >= 0.6 is 0 Å². The van der Waals surface area contributed by atoms with Crippen molar-refractivity contribution in [3.8, 4) is 0 Å². The van der Waals surface area contributed by atoms with E-state index in [4.69, 9.17) is 4.74 Å². The summed E-state index contributed by atoms with van der Waals surface area (Å²) in [6, 6.07) is 6.08. The molecule has 150 valence electrons. The zero-order valence-electron chi connectivity index (χ0n) is 16.0. The molecule has 1 aromatic rings. The molecule has 27 heavy (non-hydrogen) atoms. The summed E-state index contributed by atoms with van der Waals surface area (Å²) in [6.07, 6.45) is 1.68. The van der Waals surface area contributed by atoms with Crippen molar-refractivity contribution in [3.05, 3.63) is 24.3 Å². The monoisotopic (exact) mass is 398 g/mol. The second-order valence-electron chi connectivity index (χ2n) is 6.83. The van der Waals surface area contributed by atoms with Gasteiger partial charge in [0.1, 0.15) is 5.92 Å². The molecule has 0 spiro atoms. The quantitative estimate of drug-likeness (QED) is 0.617. The van der Waals surface area contributed by atoms with Gasteiger partial charge in [-0.3, -0.25) is 9.59 Å². The van der Waals surface area contributed by atoms with Crippen LogP contribution in [0.3, 0.4) is 0 Å². The number of carbonyl (C=O) groups excluding carboxylic acids is 2. The van der Waals surface area contributed by atoms with E-state index in [1.54, 1.807) is 19.1 Å². The van der Waals surface area contributed by atoms with Crippen LogP contribution < -0.4 is 10.2 Å². The molecular formula is C18H28N3O5S+. The first kappa shape index (κ1) is 21.3. The highest BCUT2D eigenvalue weighted by atomic mass is 32.2.